The average Bonchev–Trinajstić information content (AvgIpc) is 3.45. The number of hydrogen-bond acceptors (Lipinski definition) is 5. The summed E-state index contributed by atoms with van der Waals surface area (Å²) in [6.07, 6.45) is 11.0. The van der Waals surface area contributed by atoms with Crippen LogP contribution < -0.4 is 4.90 Å². The summed E-state index contributed by atoms with van der Waals surface area (Å²) >= 11 is 1.57. The molecule has 1 amide bonds. The number of amides is 1. The smallest absolute Gasteiger partial charge is 0.233 e. The first kappa shape index (κ1) is 19.1. The lowest BCUT2D eigenvalue weighted by atomic mass is 9.87. The van der Waals surface area contributed by atoms with Crippen molar-refractivity contribution in [3.05, 3.63) is 0 Å². The van der Waals surface area contributed by atoms with Crippen LogP contribution in [0.2, 0.25) is 0 Å². The van der Waals surface area contributed by atoms with Gasteiger partial charge in [0.2, 0.25) is 11.9 Å². The van der Waals surface area contributed by atoms with Crippen LogP contribution in [0.1, 0.15) is 70.8 Å². The number of rotatable bonds is 6. The van der Waals surface area contributed by atoms with E-state index in [0.29, 0.717) is 17.8 Å². The monoisotopic (exact) mass is 391 g/mol. The average molecular weight is 392 g/mol. The second-order valence-corrected chi connectivity index (χ2v) is 9.58. The molecular weight excluding hydrogens is 358 g/mol. The molecule has 3 aliphatic rings. The summed E-state index contributed by atoms with van der Waals surface area (Å²) in [4.78, 5) is 17.1. The van der Waals surface area contributed by atoms with E-state index >= 15 is 0 Å². The first-order chi connectivity index (χ1) is 13.1. The zero-order chi connectivity index (χ0) is 18.8. The van der Waals surface area contributed by atoms with Gasteiger partial charge in [-0.1, -0.05) is 18.7 Å². The highest BCUT2D eigenvalue weighted by atomic mass is 32.2. The zero-order valence-electron chi connectivity index (χ0n) is 16.8. The minimum absolute atomic E-state index is 0.226. The molecule has 4 rings (SSSR count). The lowest BCUT2D eigenvalue weighted by Crippen LogP contribution is -2.40. The fourth-order valence-corrected chi connectivity index (χ4v) is 5.32. The molecule has 27 heavy (non-hydrogen) atoms. The van der Waals surface area contributed by atoms with E-state index in [1.165, 1.54) is 44.9 Å². The van der Waals surface area contributed by atoms with Gasteiger partial charge < -0.3 is 9.80 Å². The van der Waals surface area contributed by atoms with Crippen molar-refractivity contribution in [1.29, 1.82) is 0 Å². The predicted molar refractivity (Wildman–Crippen MR) is 109 cm³/mol. The number of carbonyl (C=O) groups is 1. The molecule has 3 fully saturated rings. The minimum atomic E-state index is 0.226. The van der Waals surface area contributed by atoms with Crippen molar-refractivity contribution in [3.8, 4) is 0 Å². The summed E-state index contributed by atoms with van der Waals surface area (Å²) in [5.41, 5.74) is 0. The lowest BCUT2D eigenvalue weighted by molar-refractivity contribution is -0.129. The third-order valence-corrected chi connectivity index (χ3v) is 7.38. The maximum atomic E-state index is 12.7. The molecule has 0 radical (unpaired) electrons. The lowest BCUT2D eigenvalue weighted by Gasteiger charge is -2.33. The Bertz CT molecular complexity index is 645. The molecular formula is C20H33N5OS. The summed E-state index contributed by atoms with van der Waals surface area (Å²) in [6, 6.07) is 0.951. The molecule has 2 saturated carbocycles. The van der Waals surface area contributed by atoms with Crippen molar-refractivity contribution < 1.29 is 4.79 Å². The Balaban J connectivity index is 1.37. The molecule has 1 saturated heterocycles. The molecule has 0 N–H and O–H groups in total. The molecule has 0 spiro atoms. The Hall–Kier alpha value is -1.24. The van der Waals surface area contributed by atoms with Crippen LogP contribution in [0.4, 0.5) is 5.95 Å². The molecule has 1 aliphatic heterocycles. The van der Waals surface area contributed by atoms with Gasteiger partial charge in [0, 0.05) is 32.2 Å². The van der Waals surface area contributed by atoms with Gasteiger partial charge in [-0.05, 0) is 63.7 Å². The third kappa shape index (κ3) is 4.44. The van der Waals surface area contributed by atoms with Crippen molar-refractivity contribution in [1.82, 2.24) is 19.7 Å². The predicted octanol–water partition coefficient (Wildman–Crippen LogP) is 3.73. The first-order valence-corrected chi connectivity index (χ1v) is 11.7. The minimum Gasteiger partial charge on any atom is -0.342 e. The number of aromatic nitrogens is 3. The SMILES string of the molecule is CC1CCC(N(C)C(=O)CSc2nnc(N3CCCCC3)n2C2CC2)CC1. The van der Waals surface area contributed by atoms with Crippen LogP contribution >= 0.6 is 11.8 Å². The molecule has 150 valence electrons. The van der Waals surface area contributed by atoms with E-state index in [9.17, 15) is 4.79 Å². The molecule has 1 aromatic heterocycles. The van der Waals surface area contributed by atoms with Gasteiger partial charge in [0.05, 0.1) is 5.75 Å². The molecule has 1 aromatic rings. The van der Waals surface area contributed by atoms with Gasteiger partial charge in [0.15, 0.2) is 5.16 Å². The van der Waals surface area contributed by atoms with Crippen LogP contribution in [0.3, 0.4) is 0 Å². The van der Waals surface area contributed by atoms with Gasteiger partial charge in [-0.2, -0.15) is 0 Å². The fraction of sp³-hybridized carbons (Fsp3) is 0.850. The van der Waals surface area contributed by atoms with E-state index in [4.69, 9.17) is 0 Å². The van der Waals surface area contributed by atoms with Crippen molar-refractivity contribution >= 4 is 23.6 Å². The molecule has 0 atom stereocenters. The van der Waals surface area contributed by atoms with E-state index in [2.05, 4.69) is 26.6 Å². The quantitative estimate of drug-likeness (QED) is 0.692. The first-order valence-electron chi connectivity index (χ1n) is 10.7. The van der Waals surface area contributed by atoms with Gasteiger partial charge in [0.1, 0.15) is 0 Å². The van der Waals surface area contributed by atoms with E-state index < -0.39 is 0 Å². The highest BCUT2D eigenvalue weighted by molar-refractivity contribution is 7.99. The molecule has 2 aliphatic carbocycles. The molecule has 0 bridgehead atoms. The van der Waals surface area contributed by atoms with Crippen LogP contribution in [-0.2, 0) is 4.79 Å². The molecule has 0 aromatic carbocycles. The zero-order valence-corrected chi connectivity index (χ0v) is 17.6. The summed E-state index contributed by atoms with van der Waals surface area (Å²) in [6.45, 7) is 4.48. The van der Waals surface area contributed by atoms with Gasteiger partial charge in [-0.25, -0.2) is 0 Å². The van der Waals surface area contributed by atoms with Crippen LogP contribution in [0.5, 0.6) is 0 Å². The Morgan fingerprint density at radius 1 is 1.07 bits per heavy atom. The van der Waals surface area contributed by atoms with Crippen molar-refractivity contribution in [2.24, 2.45) is 5.92 Å². The van der Waals surface area contributed by atoms with Crippen LogP contribution in [0.15, 0.2) is 5.16 Å². The molecule has 7 heteroatoms. The molecule has 0 unspecified atom stereocenters. The normalized spacial score (nSPS) is 26.2. The standard InChI is InChI=1S/C20H33N5OS/c1-15-6-8-16(9-7-15)23(2)18(26)14-27-20-22-21-19(25(20)17-10-11-17)24-12-4-3-5-13-24/h15-17H,3-14H2,1-2H3. The maximum Gasteiger partial charge on any atom is 0.233 e. The fourth-order valence-electron chi connectivity index (χ4n) is 4.39. The number of anilines is 1. The summed E-state index contributed by atoms with van der Waals surface area (Å²) in [5.74, 6) is 2.53. The van der Waals surface area contributed by atoms with Gasteiger partial charge >= 0.3 is 0 Å². The number of carbonyl (C=O) groups excluding carboxylic acids is 1. The molecule has 2 heterocycles. The third-order valence-electron chi connectivity index (χ3n) is 6.45. The van der Waals surface area contributed by atoms with Crippen LogP contribution in [0.25, 0.3) is 0 Å². The second-order valence-electron chi connectivity index (χ2n) is 8.64. The number of thioether (sulfide) groups is 1. The Labute approximate surface area is 167 Å². The van der Waals surface area contributed by atoms with Crippen LogP contribution in [-0.4, -0.2) is 57.5 Å². The number of piperidine rings is 1. The van der Waals surface area contributed by atoms with E-state index in [1.54, 1.807) is 11.8 Å². The van der Waals surface area contributed by atoms with Gasteiger partial charge in [0.25, 0.3) is 0 Å². The topological polar surface area (TPSA) is 54.3 Å². The van der Waals surface area contributed by atoms with E-state index in [1.807, 2.05) is 11.9 Å². The number of hydrogen-bond donors (Lipinski definition) is 0. The Morgan fingerprint density at radius 3 is 2.44 bits per heavy atom. The summed E-state index contributed by atoms with van der Waals surface area (Å²) in [7, 11) is 1.98. The van der Waals surface area contributed by atoms with Crippen molar-refractivity contribution in [2.75, 3.05) is 30.8 Å². The largest absolute Gasteiger partial charge is 0.342 e. The van der Waals surface area contributed by atoms with E-state index in [-0.39, 0.29) is 5.91 Å². The Morgan fingerprint density at radius 2 is 1.78 bits per heavy atom. The summed E-state index contributed by atoms with van der Waals surface area (Å²) in [5, 5.41) is 9.91. The second kappa shape index (κ2) is 8.41. The van der Waals surface area contributed by atoms with Gasteiger partial charge in [-0.15, -0.1) is 10.2 Å². The highest BCUT2D eigenvalue weighted by Crippen LogP contribution is 2.41. The van der Waals surface area contributed by atoms with Crippen molar-refractivity contribution in [3.63, 3.8) is 0 Å². The van der Waals surface area contributed by atoms with E-state index in [0.717, 1.165) is 43.0 Å². The van der Waals surface area contributed by atoms with Gasteiger partial charge in [-0.3, -0.25) is 9.36 Å². The molecule has 6 nitrogen and oxygen atoms in total. The van der Waals surface area contributed by atoms with Crippen LogP contribution in [0, 0.1) is 5.92 Å². The number of nitrogens with zero attached hydrogens (tertiary/aromatic N) is 5. The van der Waals surface area contributed by atoms with Crippen molar-refractivity contribution in [2.45, 2.75) is 82.0 Å². The maximum absolute atomic E-state index is 12.7. The Kier molecular flexibility index (Phi) is 5.95. The highest BCUT2D eigenvalue weighted by Gasteiger charge is 2.32. The summed E-state index contributed by atoms with van der Waals surface area (Å²) < 4.78 is 2.31.